The van der Waals surface area contributed by atoms with Crippen LogP contribution >= 0.6 is 0 Å². The lowest BCUT2D eigenvalue weighted by atomic mass is 9.91. The number of amides is 1. The Kier molecular flexibility index (Phi) is 3.55. The third-order valence-corrected chi connectivity index (χ3v) is 4.44. The number of hydrogen-bond donors (Lipinski definition) is 0. The molecule has 0 unspecified atom stereocenters. The van der Waals surface area contributed by atoms with Crippen molar-refractivity contribution in [3.63, 3.8) is 0 Å². The molecule has 0 aromatic heterocycles. The fourth-order valence-corrected chi connectivity index (χ4v) is 3.54. The molecule has 4 nitrogen and oxygen atoms in total. The van der Waals surface area contributed by atoms with Gasteiger partial charge in [0.1, 0.15) is 11.5 Å². The van der Waals surface area contributed by atoms with E-state index in [0.717, 1.165) is 49.3 Å². The SMILES string of the molecule is COc1ccc(OC)c2c1CCCC(=O)N1CCC[C@@H]21. The van der Waals surface area contributed by atoms with E-state index in [1.807, 2.05) is 17.0 Å². The van der Waals surface area contributed by atoms with Gasteiger partial charge >= 0.3 is 0 Å². The summed E-state index contributed by atoms with van der Waals surface area (Å²) in [6.07, 6.45) is 4.47. The van der Waals surface area contributed by atoms with Gasteiger partial charge < -0.3 is 14.4 Å². The Morgan fingerprint density at radius 1 is 1.10 bits per heavy atom. The molecule has 3 rings (SSSR count). The molecule has 1 fully saturated rings. The Morgan fingerprint density at radius 3 is 2.60 bits per heavy atom. The highest BCUT2D eigenvalue weighted by Crippen LogP contribution is 2.44. The van der Waals surface area contributed by atoms with Crippen molar-refractivity contribution in [3.8, 4) is 11.5 Å². The lowest BCUT2D eigenvalue weighted by molar-refractivity contribution is -0.132. The molecule has 0 radical (unpaired) electrons. The molecule has 2 aliphatic rings. The van der Waals surface area contributed by atoms with Crippen LogP contribution in [0.1, 0.15) is 42.9 Å². The number of nitrogens with zero attached hydrogens (tertiary/aromatic N) is 1. The maximum Gasteiger partial charge on any atom is 0.223 e. The number of rotatable bonds is 2. The Morgan fingerprint density at radius 2 is 1.85 bits per heavy atom. The molecule has 1 atom stereocenters. The normalized spacial score (nSPS) is 21.8. The van der Waals surface area contributed by atoms with Crippen LogP contribution in [-0.2, 0) is 11.2 Å². The lowest BCUT2D eigenvalue weighted by Crippen LogP contribution is -2.32. The number of fused-ring (bicyclic) bond motifs is 3. The van der Waals surface area contributed by atoms with Crippen molar-refractivity contribution in [3.05, 3.63) is 23.3 Å². The van der Waals surface area contributed by atoms with E-state index in [2.05, 4.69) is 0 Å². The van der Waals surface area contributed by atoms with Gasteiger partial charge in [-0.05, 0) is 37.8 Å². The molecule has 2 aliphatic heterocycles. The zero-order valence-electron chi connectivity index (χ0n) is 12.1. The molecule has 0 bridgehead atoms. The Labute approximate surface area is 119 Å². The Bertz CT molecular complexity index is 527. The summed E-state index contributed by atoms with van der Waals surface area (Å²) in [5.74, 6) is 2.08. The van der Waals surface area contributed by atoms with Gasteiger partial charge in [0.2, 0.25) is 5.91 Å². The number of hydrogen-bond acceptors (Lipinski definition) is 3. The second-order valence-corrected chi connectivity index (χ2v) is 5.46. The van der Waals surface area contributed by atoms with Crippen LogP contribution in [0.3, 0.4) is 0 Å². The van der Waals surface area contributed by atoms with Crippen LogP contribution < -0.4 is 9.47 Å². The zero-order valence-corrected chi connectivity index (χ0v) is 12.1. The standard InChI is InChI=1S/C16H21NO3/c1-19-13-8-9-14(20-2)16-11(13)5-3-7-15(18)17-10-4-6-12(16)17/h8-9,12H,3-7,10H2,1-2H3/t12-/m0/s1. The summed E-state index contributed by atoms with van der Waals surface area (Å²) in [6.45, 7) is 0.864. The van der Waals surface area contributed by atoms with Crippen molar-refractivity contribution >= 4 is 5.91 Å². The molecule has 0 N–H and O–H groups in total. The summed E-state index contributed by atoms with van der Waals surface area (Å²) >= 11 is 0. The van der Waals surface area contributed by atoms with Crippen molar-refractivity contribution < 1.29 is 14.3 Å². The van der Waals surface area contributed by atoms with Crippen LogP contribution in [-0.4, -0.2) is 31.6 Å². The lowest BCUT2D eigenvalue weighted by Gasteiger charge is -2.31. The van der Waals surface area contributed by atoms with Gasteiger partial charge in [0.25, 0.3) is 0 Å². The van der Waals surface area contributed by atoms with Crippen LogP contribution in [0.4, 0.5) is 0 Å². The quantitative estimate of drug-likeness (QED) is 0.833. The van der Waals surface area contributed by atoms with Gasteiger partial charge in [-0.1, -0.05) is 0 Å². The Balaban J connectivity index is 2.16. The maximum absolute atomic E-state index is 12.3. The number of benzene rings is 1. The summed E-state index contributed by atoms with van der Waals surface area (Å²) in [5.41, 5.74) is 2.38. The summed E-state index contributed by atoms with van der Waals surface area (Å²) in [6, 6.07) is 4.09. The highest BCUT2D eigenvalue weighted by molar-refractivity contribution is 5.78. The van der Waals surface area contributed by atoms with Crippen LogP contribution in [0, 0.1) is 0 Å². The van der Waals surface area contributed by atoms with Crippen molar-refractivity contribution in [1.29, 1.82) is 0 Å². The van der Waals surface area contributed by atoms with Crippen LogP contribution in [0.2, 0.25) is 0 Å². The van der Waals surface area contributed by atoms with E-state index >= 15 is 0 Å². The molecule has 1 saturated heterocycles. The van der Waals surface area contributed by atoms with Crippen LogP contribution in [0.5, 0.6) is 11.5 Å². The predicted molar refractivity (Wildman–Crippen MR) is 76.2 cm³/mol. The molecule has 0 saturated carbocycles. The fraction of sp³-hybridized carbons (Fsp3) is 0.562. The zero-order chi connectivity index (χ0) is 14.1. The van der Waals surface area contributed by atoms with Gasteiger partial charge in [-0.2, -0.15) is 0 Å². The average molecular weight is 275 g/mol. The first-order valence-electron chi connectivity index (χ1n) is 7.29. The van der Waals surface area contributed by atoms with E-state index in [4.69, 9.17) is 9.47 Å². The predicted octanol–water partition coefficient (Wildman–Crippen LogP) is 2.70. The second kappa shape index (κ2) is 5.35. The van der Waals surface area contributed by atoms with E-state index in [1.165, 1.54) is 5.56 Å². The van der Waals surface area contributed by atoms with Gasteiger partial charge in [-0.3, -0.25) is 4.79 Å². The van der Waals surface area contributed by atoms with Gasteiger partial charge in [0, 0.05) is 24.1 Å². The summed E-state index contributed by atoms with van der Waals surface area (Å²) in [4.78, 5) is 14.3. The van der Waals surface area contributed by atoms with Crippen molar-refractivity contribution in [2.24, 2.45) is 0 Å². The highest BCUT2D eigenvalue weighted by Gasteiger charge is 2.35. The molecular weight excluding hydrogens is 254 g/mol. The molecule has 2 heterocycles. The molecule has 0 aliphatic carbocycles. The molecular formula is C16H21NO3. The van der Waals surface area contributed by atoms with Crippen LogP contribution in [0.15, 0.2) is 12.1 Å². The van der Waals surface area contributed by atoms with Crippen molar-refractivity contribution in [2.45, 2.75) is 38.1 Å². The van der Waals surface area contributed by atoms with E-state index in [1.54, 1.807) is 14.2 Å². The fourth-order valence-electron chi connectivity index (χ4n) is 3.54. The third kappa shape index (κ3) is 2.03. The summed E-state index contributed by atoms with van der Waals surface area (Å²) < 4.78 is 11.1. The first-order chi connectivity index (χ1) is 9.76. The first-order valence-corrected chi connectivity index (χ1v) is 7.29. The topological polar surface area (TPSA) is 38.8 Å². The summed E-state index contributed by atoms with van der Waals surface area (Å²) in [7, 11) is 3.40. The van der Waals surface area contributed by atoms with Gasteiger partial charge in [-0.15, -0.1) is 0 Å². The maximum atomic E-state index is 12.3. The molecule has 1 amide bonds. The smallest absolute Gasteiger partial charge is 0.223 e. The molecule has 1 aromatic rings. The largest absolute Gasteiger partial charge is 0.496 e. The van der Waals surface area contributed by atoms with E-state index < -0.39 is 0 Å². The number of methoxy groups -OCH3 is 2. The molecule has 20 heavy (non-hydrogen) atoms. The molecule has 1 aromatic carbocycles. The highest BCUT2D eigenvalue weighted by atomic mass is 16.5. The second-order valence-electron chi connectivity index (χ2n) is 5.46. The van der Waals surface area contributed by atoms with E-state index in [9.17, 15) is 4.79 Å². The molecule has 4 heteroatoms. The minimum atomic E-state index is 0.155. The minimum absolute atomic E-state index is 0.155. The van der Waals surface area contributed by atoms with Crippen LogP contribution in [0.25, 0.3) is 0 Å². The minimum Gasteiger partial charge on any atom is -0.496 e. The van der Waals surface area contributed by atoms with Crippen molar-refractivity contribution in [2.75, 3.05) is 20.8 Å². The number of carbonyl (C=O) groups excluding carboxylic acids is 1. The first kappa shape index (κ1) is 13.3. The third-order valence-electron chi connectivity index (χ3n) is 4.44. The molecule has 0 spiro atoms. The van der Waals surface area contributed by atoms with Gasteiger partial charge in [-0.25, -0.2) is 0 Å². The van der Waals surface area contributed by atoms with Gasteiger partial charge in [0.05, 0.1) is 20.3 Å². The Hall–Kier alpha value is -1.71. The number of ether oxygens (including phenoxy) is 2. The summed E-state index contributed by atoms with van der Waals surface area (Å²) in [5, 5.41) is 0. The average Bonchev–Trinajstić information content (AvgIpc) is 2.93. The van der Waals surface area contributed by atoms with E-state index in [-0.39, 0.29) is 11.9 Å². The van der Waals surface area contributed by atoms with Crippen molar-refractivity contribution in [1.82, 2.24) is 4.90 Å². The molecule has 108 valence electrons. The van der Waals surface area contributed by atoms with E-state index in [0.29, 0.717) is 6.42 Å². The van der Waals surface area contributed by atoms with Gasteiger partial charge in [0.15, 0.2) is 0 Å². The number of carbonyl (C=O) groups is 1. The monoisotopic (exact) mass is 275 g/mol.